The summed E-state index contributed by atoms with van der Waals surface area (Å²) < 4.78 is 5.47. The van der Waals surface area contributed by atoms with Gasteiger partial charge in [-0.3, -0.25) is 0 Å². The van der Waals surface area contributed by atoms with Gasteiger partial charge < -0.3 is 15.4 Å². The normalized spacial score (nSPS) is 29.1. The minimum atomic E-state index is 0.0767. The molecule has 1 aromatic heterocycles. The second-order valence-electron chi connectivity index (χ2n) is 5.31. The van der Waals surface area contributed by atoms with Crippen molar-refractivity contribution in [2.45, 2.75) is 26.4 Å². The number of hydrogen-bond acceptors (Lipinski definition) is 5. The van der Waals surface area contributed by atoms with Crippen molar-refractivity contribution in [1.29, 1.82) is 0 Å². The quantitative estimate of drug-likeness (QED) is 0.879. The van der Waals surface area contributed by atoms with E-state index in [0.29, 0.717) is 6.61 Å². The number of thiazole rings is 1. The van der Waals surface area contributed by atoms with Crippen LogP contribution in [0.3, 0.4) is 0 Å². The molecule has 0 radical (unpaired) electrons. The van der Waals surface area contributed by atoms with E-state index in [-0.39, 0.29) is 11.5 Å². The lowest BCUT2D eigenvalue weighted by Crippen LogP contribution is -2.45. The Morgan fingerprint density at radius 3 is 3.00 bits per heavy atom. The topological polar surface area (TPSA) is 51.4 Å². The van der Waals surface area contributed by atoms with Crippen LogP contribution in [0.15, 0.2) is 5.51 Å². The van der Waals surface area contributed by atoms with Gasteiger partial charge in [-0.2, -0.15) is 0 Å². The van der Waals surface area contributed by atoms with Crippen LogP contribution >= 0.6 is 11.3 Å². The monoisotopic (exact) mass is 255 g/mol. The summed E-state index contributed by atoms with van der Waals surface area (Å²) in [6.07, 6.45) is 0. The molecular formula is C12H21N3OS. The van der Waals surface area contributed by atoms with Gasteiger partial charge in [0, 0.05) is 29.4 Å². The van der Waals surface area contributed by atoms with Crippen LogP contribution in [0, 0.1) is 12.3 Å². The van der Waals surface area contributed by atoms with E-state index >= 15 is 0 Å². The zero-order chi connectivity index (χ0) is 12.5. The second kappa shape index (κ2) is 5.02. The Morgan fingerprint density at radius 2 is 2.47 bits per heavy atom. The molecule has 0 saturated carbocycles. The number of ether oxygens (including phenoxy) is 1. The van der Waals surface area contributed by atoms with E-state index in [1.54, 1.807) is 11.3 Å². The van der Waals surface area contributed by atoms with Crippen molar-refractivity contribution >= 4 is 11.3 Å². The third-order valence-electron chi connectivity index (χ3n) is 3.51. The highest BCUT2D eigenvalue weighted by Gasteiger charge is 2.38. The summed E-state index contributed by atoms with van der Waals surface area (Å²) in [5.41, 5.74) is 9.23. The van der Waals surface area contributed by atoms with Crippen molar-refractivity contribution in [1.82, 2.24) is 9.88 Å². The Labute approximate surface area is 107 Å². The Morgan fingerprint density at radius 1 is 1.71 bits per heavy atom. The number of hydrogen-bond donors (Lipinski definition) is 1. The molecule has 0 aliphatic carbocycles. The van der Waals surface area contributed by atoms with Gasteiger partial charge in [0.1, 0.15) is 0 Å². The Balaban J connectivity index is 1.93. The fraction of sp³-hybridized carbons (Fsp3) is 0.750. The van der Waals surface area contributed by atoms with Gasteiger partial charge in [-0.1, -0.05) is 6.92 Å². The van der Waals surface area contributed by atoms with Crippen molar-refractivity contribution in [2.75, 3.05) is 26.8 Å². The molecule has 2 rings (SSSR count). The SMILES string of the molecule is Cc1ncsc1CN(C)CC1(C)COCC1N. The summed E-state index contributed by atoms with van der Waals surface area (Å²) in [4.78, 5) is 7.93. The molecule has 17 heavy (non-hydrogen) atoms. The molecule has 2 unspecified atom stereocenters. The van der Waals surface area contributed by atoms with E-state index in [4.69, 9.17) is 10.5 Å². The van der Waals surface area contributed by atoms with Gasteiger partial charge in [0.2, 0.25) is 0 Å². The van der Waals surface area contributed by atoms with Crippen LogP contribution in [0.4, 0.5) is 0 Å². The molecule has 1 aliphatic rings. The molecule has 1 aliphatic heterocycles. The number of rotatable bonds is 4. The van der Waals surface area contributed by atoms with E-state index in [1.165, 1.54) is 4.88 Å². The van der Waals surface area contributed by atoms with Crippen LogP contribution in [0.2, 0.25) is 0 Å². The molecule has 2 heterocycles. The largest absolute Gasteiger partial charge is 0.379 e. The van der Waals surface area contributed by atoms with Gasteiger partial charge in [0.05, 0.1) is 24.4 Å². The molecular weight excluding hydrogens is 234 g/mol. The lowest BCUT2D eigenvalue weighted by molar-refractivity contribution is 0.128. The molecule has 0 bridgehead atoms. The summed E-state index contributed by atoms with van der Waals surface area (Å²) in [5, 5.41) is 0. The third-order valence-corrected chi connectivity index (χ3v) is 4.43. The zero-order valence-corrected chi connectivity index (χ0v) is 11.6. The number of aryl methyl sites for hydroxylation is 1. The van der Waals surface area contributed by atoms with Crippen LogP contribution in [0.1, 0.15) is 17.5 Å². The smallest absolute Gasteiger partial charge is 0.0798 e. The maximum absolute atomic E-state index is 6.10. The Hall–Kier alpha value is -0.490. The molecule has 1 fully saturated rings. The highest BCUT2D eigenvalue weighted by Crippen LogP contribution is 2.28. The van der Waals surface area contributed by atoms with Crippen LogP contribution in [0.5, 0.6) is 0 Å². The summed E-state index contributed by atoms with van der Waals surface area (Å²) in [6.45, 7) is 7.63. The van der Waals surface area contributed by atoms with E-state index in [9.17, 15) is 0 Å². The molecule has 0 spiro atoms. The van der Waals surface area contributed by atoms with E-state index in [1.807, 2.05) is 5.51 Å². The molecule has 1 saturated heterocycles. The average molecular weight is 255 g/mol. The summed E-state index contributed by atoms with van der Waals surface area (Å²) in [5.74, 6) is 0. The Kier molecular flexibility index (Phi) is 3.82. The van der Waals surface area contributed by atoms with Crippen molar-refractivity contribution in [2.24, 2.45) is 11.1 Å². The van der Waals surface area contributed by atoms with Crippen LogP contribution in [-0.2, 0) is 11.3 Å². The number of nitrogens with zero attached hydrogens (tertiary/aromatic N) is 2. The van der Waals surface area contributed by atoms with Gasteiger partial charge in [0.15, 0.2) is 0 Å². The predicted octanol–water partition coefficient (Wildman–Crippen LogP) is 1.25. The number of nitrogens with two attached hydrogens (primary N) is 1. The maximum atomic E-state index is 6.10. The summed E-state index contributed by atoms with van der Waals surface area (Å²) in [6, 6.07) is 0.146. The minimum absolute atomic E-state index is 0.0767. The highest BCUT2D eigenvalue weighted by molar-refractivity contribution is 7.09. The van der Waals surface area contributed by atoms with Gasteiger partial charge >= 0.3 is 0 Å². The lowest BCUT2D eigenvalue weighted by Gasteiger charge is -2.31. The summed E-state index contributed by atoms with van der Waals surface area (Å²) in [7, 11) is 2.13. The highest BCUT2D eigenvalue weighted by atomic mass is 32.1. The molecule has 2 N–H and O–H groups in total. The van der Waals surface area contributed by atoms with E-state index < -0.39 is 0 Å². The van der Waals surface area contributed by atoms with Crippen molar-refractivity contribution in [3.05, 3.63) is 16.1 Å². The third kappa shape index (κ3) is 2.85. The first-order valence-electron chi connectivity index (χ1n) is 5.92. The van der Waals surface area contributed by atoms with Gasteiger partial charge in [-0.15, -0.1) is 11.3 Å². The average Bonchev–Trinajstić information content (AvgIpc) is 2.76. The van der Waals surface area contributed by atoms with Crippen molar-refractivity contribution < 1.29 is 4.74 Å². The first kappa shape index (κ1) is 13.0. The zero-order valence-electron chi connectivity index (χ0n) is 10.8. The van der Waals surface area contributed by atoms with Crippen molar-refractivity contribution in [3.8, 4) is 0 Å². The maximum Gasteiger partial charge on any atom is 0.0798 e. The number of aromatic nitrogens is 1. The molecule has 96 valence electrons. The van der Waals surface area contributed by atoms with Crippen LogP contribution < -0.4 is 5.73 Å². The molecule has 5 heteroatoms. The molecule has 2 atom stereocenters. The second-order valence-corrected chi connectivity index (χ2v) is 6.25. The van der Waals surface area contributed by atoms with Gasteiger partial charge in [-0.25, -0.2) is 4.98 Å². The fourth-order valence-electron chi connectivity index (χ4n) is 2.29. The van der Waals surface area contributed by atoms with Gasteiger partial charge in [-0.05, 0) is 14.0 Å². The molecule has 0 aromatic carbocycles. The first-order chi connectivity index (χ1) is 8.01. The van der Waals surface area contributed by atoms with Crippen LogP contribution in [-0.4, -0.2) is 42.7 Å². The van der Waals surface area contributed by atoms with Crippen LogP contribution in [0.25, 0.3) is 0 Å². The lowest BCUT2D eigenvalue weighted by atomic mass is 9.85. The fourth-order valence-corrected chi connectivity index (χ4v) is 3.14. The Bertz CT molecular complexity index is 382. The van der Waals surface area contributed by atoms with E-state index in [2.05, 4.69) is 30.8 Å². The standard InChI is InChI=1S/C12H21N3OS/c1-9-10(17-8-14-9)4-15(3)6-12(2)7-16-5-11(12)13/h8,11H,4-7,13H2,1-3H3. The predicted molar refractivity (Wildman–Crippen MR) is 70.1 cm³/mol. The molecule has 1 aromatic rings. The van der Waals surface area contributed by atoms with Gasteiger partial charge in [0.25, 0.3) is 0 Å². The van der Waals surface area contributed by atoms with E-state index in [0.717, 1.165) is 25.4 Å². The minimum Gasteiger partial charge on any atom is -0.379 e. The molecule has 0 amide bonds. The first-order valence-corrected chi connectivity index (χ1v) is 6.80. The van der Waals surface area contributed by atoms with Crippen molar-refractivity contribution in [3.63, 3.8) is 0 Å². The molecule has 4 nitrogen and oxygen atoms in total. The summed E-state index contributed by atoms with van der Waals surface area (Å²) >= 11 is 1.72.